The van der Waals surface area contributed by atoms with E-state index in [0.717, 1.165) is 16.9 Å². The molecule has 4 rings (SSSR count). The Morgan fingerprint density at radius 3 is 2.85 bits per heavy atom. The van der Waals surface area contributed by atoms with E-state index in [0.29, 0.717) is 29.9 Å². The Labute approximate surface area is 150 Å². The van der Waals surface area contributed by atoms with Crippen molar-refractivity contribution < 1.29 is 4.74 Å². The zero-order valence-electron chi connectivity index (χ0n) is 14.3. The van der Waals surface area contributed by atoms with Crippen LogP contribution < -0.4 is 10.3 Å². The van der Waals surface area contributed by atoms with E-state index < -0.39 is 0 Å². The van der Waals surface area contributed by atoms with Gasteiger partial charge in [-0.15, -0.1) is 0 Å². The molecule has 0 aliphatic heterocycles. The molecule has 1 N–H and O–H groups in total. The van der Waals surface area contributed by atoms with Gasteiger partial charge in [0.2, 0.25) is 0 Å². The van der Waals surface area contributed by atoms with E-state index in [-0.39, 0.29) is 5.56 Å². The van der Waals surface area contributed by atoms with Crippen molar-refractivity contribution in [1.82, 2.24) is 19.7 Å². The summed E-state index contributed by atoms with van der Waals surface area (Å²) < 4.78 is 7.57. The van der Waals surface area contributed by atoms with Crippen LogP contribution >= 0.6 is 0 Å². The number of ether oxygens (including phenoxy) is 1. The Balaban J connectivity index is 1.80. The fourth-order valence-corrected chi connectivity index (χ4v) is 2.94. The third-order valence-corrected chi connectivity index (χ3v) is 4.14. The van der Waals surface area contributed by atoms with Crippen molar-refractivity contribution in [3.05, 3.63) is 76.8 Å². The highest BCUT2D eigenvalue weighted by Gasteiger charge is 2.10. The first-order valence-electron chi connectivity index (χ1n) is 8.47. The molecule has 6 heteroatoms. The van der Waals surface area contributed by atoms with E-state index in [1.54, 1.807) is 12.3 Å². The van der Waals surface area contributed by atoms with Gasteiger partial charge in [0.05, 0.1) is 24.1 Å². The average molecular weight is 346 g/mol. The van der Waals surface area contributed by atoms with Crippen molar-refractivity contribution in [2.24, 2.45) is 0 Å². The number of hydrogen-bond acceptors (Lipinski definition) is 4. The van der Waals surface area contributed by atoms with Crippen LogP contribution in [0.1, 0.15) is 12.5 Å². The maximum Gasteiger partial charge on any atom is 0.259 e. The Morgan fingerprint density at radius 1 is 1.15 bits per heavy atom. The van der Waals surface area contributed by atoms with Crippen LogP contribution in [0.3, 0.4) is 0 Å². The monoisotopic (exact) mass is 346 g/mol. The zero-order chi connectivity index (χ0) is 17.9. The zero-order valence-corrected chi connectivity index (χ0v) is 14.3. The third kappa shape index (κ3) is 3.09. The smallest absolute Gasteiger partial charge is 0.259 e. The first-order valence-corrected chi connectivity index (χ1v) is 8.47. The number of rotatable bonds is 5. The lowest BCUT2D eigenvalue weighted by molar-refractivity contribution is 0.335. The molecule has 0 saturated heterocycles. The van der Waals surface area contributed by atoms with Crippen LogP contribution in [0.2, 0.25) is 0 Å². The van der Waals surface area contributed by atoms with Gasteiger partial charge in [-0.2, -0.15) is 5.10 Å². The lowest BCUT2D eigenvalue weighted by atomic mass is 10.1. The molecule has 0 fully saturated rings. The largest absolute Gasteiger partial charge is 0.494 e. The van der Waals surface area contributed by atoms with E-state index in [9.17, 15) is 4.79 Å². The SMILES string of the molecule is CCOc1ccc(-c2nc3ccccc3c(=O)[nH]2)cc1Cn1cccn1. The minimum atomic E-state index is -0.145. The summed E-state index contributed by atoms with van der Waals surface area (Å²) in [6.45, 7) is 3.11. The molecule has 4 aromatic rings. The number of fused-ring (bicyclic) bond motifs is 1. The summed E-state index contributed by atoms with van der Waals surface area (Å²) in [5.74, 6) is 1.34. The maximum absolute atomic E-state index is 12.3. The van der Waals surface area contributed by atoms with Gasteiger partial charge in [-0.05, 0) is 43.3 Å². The molecule has 6 nitrogen and oxygen atoms in total. The molecule has 0 radical (unpaired) electrons. The summed E-state index contributed by atoms with van der Waals surface area (Å²) in [7, 11) is 0. The lowest BCUT2D eigenvalue weighted by Crippen LogP contribution is -2.10. The number of H-pyrrole nitrogens is 1. The molecule has 0 spiro atoms. The normalized spacial score (nSPS) is 11.0. The summed E-state index contributed by atoms with van der Waals surface area (Å²) in [6, 6.07) is 15.0. The van der Waals surface area contributed by atoms with Crippen molar-refractivity contribution in [3.63, 3.8) is 0 Å². The summed E-state index contributed by atoms with van der Waals surface area (Å²) in [5.41, 5.74) is 2.34. The van der Waals surface area contributed by atoms with Gasteiger partial charge >= 0.3 is 0 Å². The first kappa shape index (κ1) is 16.1. The molecule has 0 aliphatic carbocycles. The van der Waals surface area contributed by atoms with Gasteiger partial charge in [0.1, 0.15) is 11.6 Å². The standard InChI is InChI=1S/C20H18N4O2/c1-2-26-18-9-8-14(12-15(18)13-24-11-5-10-21-24)19-22-17-7-4-3-6-16(17)20(25)23-19/h3-12H,2,13H2,1H3,(H,22,23,25). The number of hydrogen-bond donors (Lipinski definition) is 1. The molecular formula is C20H18N4O2. The maximum atomic E-state index is 12.3. The average Bonchev–Trinajstić information content (AvgIpc) is 3.16. The molecule has 26 heavy (non-hydrogen) atoms. The molecule has 0 unspecified atom stereocenters. The quantitative estimate of drug-likeness (QED) is 0.602. The lowest BCUT2D eigenvalue weighted by Gasteiger charge is -2.12. The fourth-order valence-electron chi connectivity index (χ4n) is 2.94. The van der Waals surface area contributed by atoms with Crippen LogP contribution in [0.25, 0.3) is 22.3 Å². The Bertz CT molecular complexity index is 1100. The van der Waals surface area contributed by atoms with Crippen LogP contribution in [0, 0.1) is 0 Å². The van der Waals surface area contributed by atoms with Gasteiger partial charge in [-0.25, -0.2) is 4.98 Å². The minimum absolute atomic E-state index is 0.145. The highest BCUT2D eigenvalue weighted by Crippen LogP contribution is 2.26. The van der Waals surface area contributed by atoms with Gasteiger partial charge < -0.3 is 9.72 Å². The van der Waals surface area contributed by atoms with Gasteiger partial charge in [0.15, 0.2) is 0 Å². The second-order valence-corrected chi connectivity index (χ2v) is 5.89. The predicted octanol–water partition coefficient (Wildman–Crippen LogP) is 3.23. The number of benzene rings is 2. The van der Waals surface area contributed by atoms with Crippen LogP contribution in [0.5, 0.6) is 5.75 Å². The fraction of sp³-hybridized carbons (Fsp3) is 0.150. The summed E-state index contributed by atoms with van der Waals surface area (Å²) in [5, 5.41) is 4.84. The van der Waals surface area contributed by atoms with Gasteiger partial charge in [-0.1, -0.05) is 12.1 Å². The molecule has 2 heterocycles. The second-order valence-electron chi connectivity index (χ2n) is 5.89. The van der Waals surface area contributed by atoms with Crippen molar-refractivity contribution in [3.8, 4) is 17.1 Å². The molecule has 0 atom stereocenters. The molecule has 0 saturated carbocycles. The minimum Gasteiger partial charge on any atom is -0.494 e. The molecule has 130 valence electrons. The van der Waals surface area contributed by atoms with E-state index in [1.807, 2.05) is 60.3 Å². The second kappa shape index (κ2) is 6.84. The highest BCUT2D eigenvalue weighted by molar-refractivity contribution is 5.79. The Morgan fingerprint density at radius 2 is 2.04 bits per heavy atom. The van der Waals surface area contributed by atoms with E-state index in [4.69, 9.17) is 4.74 Å². The Hall–Kier alpha value is -3.41. The van der Waals surface area contributed by atoms with Crippen LogP contribution in [-0.2, 0) is 6.54 Å². The number of nitrogens with one attached hydrogen (secondary N) is 1. The van der Waals surface area contributed by atoms with E-state index in [2.05, 4.69) is 15.1 Å². The van der Waals surface area contributed by atoms with Crippen LogP contribution in [0.15, 0.2) is 65.7 Å². The van der Waals surface area contributed by atoms with Crippen LogP contribution in [0.4, 0.5) is 0 Å². The summed E-state index contributed by atoms with van der Waals surface area (Å²) in [6.07, 6.45) is 3.64. The molecule has 0 aliphatic rings. The Kier molecular flexibility index (Phi) is 4.23. The molecule has 2 aromatic carbocycles. The third-order valence-electron chi connectivity index (χ3n) is 4.14. The van der Waals surface area contributed by atoms with Crippen molar-refractivity contribution in [2.45, 2.75) is 13.5 Å². The van der Waals surface area contributed by atoms with Crippen LogP contribution in [-0.4, -0.2) is 26.4 Å². The molecule has 2 aromatic heterocycles. The van der Waals surface area contributed by atoms with E-state index >= 15 is 0 Å². The number of nitrogens with zero attached hydrogens (tertiary/aromatic N) is 3. The topological polar surface area (TPSA) is 72.8 Å². The van der Waals surface area contributed by atoms with Gasteiger partial charge in [-0.3, -0.25) is 9.48 Å². The predicted molar refractivity (Wildman–Crippen MR) is 100 cm³/mol. The van der Waals surface area contributed by atoms with Crippen molar-refractivity contribution >= 4 is 10.9 Å². The van der Waals surface area contributed by atoms with E-state index in [1.165, 1.54) is 0 Å². The number of aromatic nitrogens is 4. The van der Waals surface area contributed by atoms with Gasteiger partial charge in [0, 0.05) is 23.5 Å². The highest BCUT2D eigenvalue weighted by atomic mass is 16.5. The van der Waals surface area contributed by atoms with Crippen molar-refractivity contribution in [2.75, 3.05) is 6.61 Å². The first-order chi connectivity index (χ1) is 12.7. The van der Waals surface area contributed by atoms with Crippen molar-refractivity contribution in [1.29, 1.82) is 0 Å². The summed E-state index contributed by atoms with van der Waals surface area (Å²) in [4.78, 5) is 19.8. The number of para-hydroxylation sites is 1. The summed E-state index contributed by atoms with van der Waals surface area (Å²) >= 11 is 0. The number of aromatic amines is 1. The molecular weight excluding hydrogens is 328 g/mol. The van der Waals surface area contributed by atoms with Gasteiger partial charge in [0.25, 0.3) is 5.56 Å². The molecule has 0 bridgehead atoms. The molecule has 0 amide bonds.